The number of carboxylic acids is 3. The highest BCUT2D eigenvalue weighted by atomic mass is 16.4. The van der Waals surface area contributed by atoms with Crippen LogP contribution in [0.1, 0.15) is 47.0 Å². The van der Waals surface area contributed by atoms with Gasteiger partial charge in [-0.25, -0.2) is 14.4 Å². The first-order valence-electron chi connectivity index (χ1n) is 6.31. The lowest BCUT2D eigenvalue weighted by Gasteiger charge is -2.11. The molecule has 7 nitrogen and oxygen atoms in total. The van der Waals surface area contributed by atoms with Gasteiger partial charge in [-0.15, -0.1) is 0 Å². The van der Waals surface area contributed by atoms with E-state index in [-0.39, 0.29) is 11.1 Å². The lowest BCUT2D eigenvalue weighted by atomic mass is 9.91. The van der Waals surface area contributed by atoms with Gasteiger partial charge in [0.1, 0.15) is 0 Å². The molecule has 0 aromatic heterocycles. The van der Waals surface area contributed by atoms with Crippen LogP contribution in [-0.4, -0.2) is 39.0 Å². The number of carboxylic acid groups (broad SMARTS) is 3. The Morgan fingerprint density at radius 2 is 1.09 bits per heavy atom. The Bertz CT molecular complexity index is 822. The lowest BCUT2D eigenvalue weighted by molar-refractivity contribution is 0.0631. The van der Waals surface area contributed by atoms with Crippen LogP contribution >= 0.6 is 0 Å². The Labute approximate surface area is 129 Å². The van der Waals surface area contributed by atoms with E-state index in [0.29, 0.717) is 0 Å². The molecule has 23 heavy (non-hydrogen) atoms. The van der Waals surface area contributed by atoms with Gasteiger partial charge < -0.3 is 15.3 Å². The molecule has 0 spiro atoms. The molecule has 0 saturated heterocycles. The van der Waals surface area contributed by atoms with Gasteiger partial charge in [-0.2, -0.15) is 0 Å². The zero-order valence-electron chi connectivity index (χ0n) is 11.5. The van der Waals surface area contributed by atoms with Crippen molar-refractivity contribution in [3.8, 4) is 0 Å². The van der Waals surface area contributed by atoms with E-state index in [1.54, 1.807) is 18.2 Å². The minimum atomic E-state index is -1.73. The summed E-state index contributed by atoms with van der Waals surface area (Å²) in [5, 5.41) is 27.5. The van der Waals surface area contributed by atoms with Crippen molar-refractivity contribution in [1.82, 2.24) is 0 Å². The minimum Gasteiger partial charge on any atom is -0.478 e. The Hall–Kier alpha value is -3.48. The molecule has 116 valence electrons. The summed E-state index contributed by atoms with van der Waals surface area (Å²) in [7, 11) is 0. The summed E-state index contributed by atoms with van der Waals surface area (Å²) >= 11 is 0. The van der Waals surface area contributed by atoms with E-state index in [2.05, 4.69) is 0 Å². The number of carbonyl (C=O) groups is 4. The van der Waals surface area contributed by atoms with Crippen LogP contribution in [0.3, 0.4) is 0 Å². The number of hydrogen-bond donors (Lipinski definition) is 3. The maximum Gasteiger partial charge on any atom is 0.337 e. The zero-order chi connectivity index (χ0) is 17.1. The average Bonchev–Trinajstić information content (AvgIpc) is 2.53. The molecule has 0 unspecified atom stereocenters. The first kappa shape index (κ1) is 15.9. The summed E-state index contributed by atoms with van der Waals surface area (Å²) in [6.45, 7) is 0. The monoisotopic (exact) mass is 314 g/mol. The highest BCUT2D eigenvalue weighted by Gasteiger charge is 2.29. The quantitative estimate of drug-likeness (QED) is 0.720. The summed E-state index contributed by atoms with van der Waals surface area (Å²) in [5.41, 5.74) is -2.68. The molecule has 3 N–H and O–H groups in total. The Morgan fingerprint density at radius 1 is 0.609 bits per heavy atom. The highest BCUT2D eigenvalue weighted by molar-refractivity contribution is 6.19. The van der Waals surface area contributed by atoms with Crippen LogP contribution in [-0.2, 0) is 0 Å². The fourth-order valence-corrected chi connectivity index (χ4v) is 2.16. The number of rotatable bonds is 5. The van der Waals surface area contributed by atoms with Crippen LogP contribution in [0.2, 0.25) is 0 Å². The first-order valence-corrected chi connectivity index (χ1v) is 6.31. The van der Waals surface area contributed by atoms with Crippen molar-refractivity contribution in [2.24, 2.45) is 0 Å². The molecule has 0 amide bonds. The van der Waals surface area contributed by atoms with E-state index in [1.165, 1.54) is 12.1 Å². The Kier molecular flexibility index (Phi) is 4.22. The smallest absolute Gasteiger partial charge is 0.337 e. The number of hydrogen-bond acceptors (Lipinski definition) is 4. The van der Waals surface area contributed by atoms with Crippen molar-refractivity contribution < 1.29 is 34.5 Å². The summed E-state index contributed by atoms with van der Waals surface area (Å²) in [6.07, 6.45) is 0. The van der Waals surface area contributed by atoms with Crippen molar-refractivity contribution >= 4 is 23.7 Å². The van der Waals surface area contributed by atoms with Gasteiger partial charge in [0.05, 0.1) is 16.7 Å². The molecule has 0 aliphatic heterocycles. The molecule has 2 aromatic rings. The van der Waals surface area contributed by atoms with Gasteiger partial charge in [-0.1, -0.05) is 30.3 Å². The van der Waals surface area contributed by atoms with Crippen molar-refractivity contribution in [3.05, 3.63) is 70.3 Å². The molecular weight excluding hydrogens is 304 g/mol. The second kappa shape index (κ2) is 6.10. The highest BCUT2D eigenvalue weighted by Crippen LogP contribution is 2.23. The summed E-state index contributed by atoms with van der Waals surface area (Å²) in [6, 6.07) is 9.60. The van der Waals surface area contributed by atoms with E-state index < -0.39 is 40.4 Å². The number of benzene rings is 2. The maximum atomic E-state index is 12.4. The molecule has 0 fully saturated rings. The Morgan fingerprint density at radius 3 is 1.57 bits per heavy atom. The summed E-state index contributed by atoms with van der Waals surface area (Å²) < 4.78 is 0. The maximum absolute atomic E-state index is 12.4. The van der Waals surface area contributed by atoms with Gasteiger partial charge >= 0.3 is 17.9 Å². The second-order valence-corrected chi connectivity index (χ2v) is 4.52. The van der Waals surface area contributed by atoms with Crippen molar-refractivity contribution in [2.75, 3.05) is 0 Å². The fourth-order valence-electron chi connectivity index (χ4n) is 2.16. The second-order valence-electron chi connectivity index (χ2n) is 4.52. The topological polar surface area (TPSA) is 129 Å². The summed E-state index contributed by atoms with van der Waals surface area (Å²) in [4.78, 5) is 46.3. The first-order chi connectivity index (χ1) is 10.8. The van der Waals surface area contributed by atoms with E-state index in [4.69, 9.17) is 5.11 Å². The third kappa shape index (κ3) is 2.93. The van der Waals surface area contributed by atoms with Crippen LogP contribution in [0.5, 0.6) is 0 Å². The van der Waals surface area contributed by atoms with Crippen LogP contribution < -0.4 is 0 Å². The van der Waals surface area contributed by atoms with Crippen LogP contribution in [0.25, 0.3) is 0 Å². The third-order valence-electron chi connectivity index (χ3n) is 3.14. The largest absolute Gasteiger partial charge is 0.478 e. The Balaban J connectivity index is 2.78. The summed E-state index contributed by atoms with van der Waals surface area (Å²) in [5.74, 6) is -5.72. The number of ketones is 1. The predicted octanol–water partition coefficient (Wildman–Crippen LogP) is 2.01. The van der Waals surface area contributed by atoms with E-state index in [9.17, 15) is 29.4 Å². The van der Waals surface area contributed by atoms with Gasteiger partial charge in [0.2, 0.25) is 0 Å². The molecule has 0 bridgehead atoms. The van der Waals surface area contributed by atoms with E-state index in [1.807, 2.05) is 0 Å². The molecule has 0 heterocycles. The molecule has 0 aliphatic carbocycles. The number of aromatic carboxylic acids is 3. The normalized spacial score (nSPS) is 10.1. The van der Waals surface area contributed by atoms with Crippen molar-refractivity contribution in [3.63, 3.8) is 0 Å². The molecule has 0 saturated carbocycles. The predicted molar refractivity (Wildman–Crippen MR) is 77.2 cm³/mol. The van der Waals surface area contributed by atoms with Gasteiger partial charge in [-0.3, -0.25) is 4.79 Å². The fraction of sp³-hybridized carbons (Fsp3) is 0. The average molecular weight is 314 g/mol. The zero-order valence-corrected chi connectivity index (χ0v) is 11.5. The van der Waals surface area contributed by atoms with Gasteiger partial charge in [0, 0.05) is 11.1 Å². The van der Waals surface area contributed by atoms with Gasteiger partial charge in [0.15, 0.2) is 5.78 Å². The third-order valence-corrected chi connectivity index (χ3v) is 3.14. The molecule has 7 heteroatoms. The standard InChI is InChI=1S/C16H10O7/c17-13(8-4-2-1-3-5-8)9-6-7-10(14(18)19)12(16(22)23)11(9)15(20)21/h1-7H,(H,18,19)(H,20,21)(H,22,23). The molecule has 2 rings (SSSR count). The molecule has 0 atom stereocenters. The molecule has 0 radical (unpaired) electrons. The van der Waals surface area contributed by atoms with Crippen LogP contribution in [0.4, 0.5) is 0 Å². The molecule has 0 aliphatic rings. The van der Waals surface area contributed by atoms with Gasteiger partial charge in [-0.05, 0) is 12.1 Å². The lowest BCUT2D eigenvalue weighted by Crippen LogP contribution is -2.19. The van der Waals surface area contributed by atoms with Crippen molar-refractivity contribution in [2.45, 2.75) is 0 Å². The van der Waals surface area contributed by atoms with E-state index >= 15 is 0 Å². The molecule has 2 aromatic carbocycles. The van der Waals surface area contributed by atoms with Gasteiger partial charge in [0.25, 0.3) is 0 Å². The van der Waals surface area contributed by atoms with E-state index in [0.717, 1.165) is 12.1 Å². The van der Waals surface area contributed by atoms with Crippen molar-refractivity contribution in [1.29, 1.82) is 0 Å². The number of carbonyl (C=O) groups excluding carboxylic acids is 1. The van der Waals surface area contributed by atoms with Crippen LogP contribution in [0, 0.1) is 0 Å². The SMILES string of the molecule is O=C(O)c1ccc(C(=O)c2ccccc2)c(C(=O)O)c1C(=O)O. The minimum absolute atomic E-state index is 0.161. The molecular formula is C16H10O7. The van der Waals surface area contributed by atoms with Crippen LogP contribution in [0.15, 0.2) is 42.5 Å².